The van der Waals surface area contributed by atoms with Gasteiger partial charge in [0.15, 0.2) is 0 Å². The zero-order valence-electron chi connectivity index (χ0n) is 18.3. The standard InChI is InChI=1S/C25H18ClFN4O3/c1-14-7-9-17(11-15(14)2)31-24(32)18-5-3-4-6-21(18)30(25(31)33)13-22-28-23(29-34-22)16-8-10-20(27)19(26)12-16/h3-12H,13H2,1-2H3. The van der Waals surface area contributed by atoms with Crippen LogP contribution in [0.3, 0.4) is 0 Å². The molecule has 3 aromatic carbocycles. The monoisotopic (exact) mass is 476 g/mol. The largest absolute Gasteiger partial charge is 0.337 e. The minimum absolute atomic E-state index is 0.0631. The van der Waals surface area contributed by atoms with Gasteiger partial charge in [-0.2, -0.15) is 4.98 Å². The van der Waals surface area contributed by atoms with Crippen LogP contribution in [0.25, 0.3) is 28.0 Å². The number of nitrogens with zero attached hydrogens (tertiary/aromatic N) is 4. The van der Waals surface area contributed by atoms with Crippen LogP contribution in [0.2, 0.25) is 5.02 Å². The lowest BCUT2D eigenvalue weighted by molar-refractivity contribution is 0.370. The molecule has 0 radical (unpaired) electrons. The fourth-order valence-corrected chi connectivity index (χ4v) is 3.95. The van der Waals surface area contributed by atoms with E-state index in [-0.39, 0.29) is 23.3 Å². The zero-order chi connectivity index (χ0) is 24.0. The second kappa shape index (κ2) is 8.39. The highest BCUT2D eigenvalue weighted by molar-refractivity contribution is 6.31. The van der Waals surface area contributed by atoms with E-state index in [1.54, 1.807) is 36.4 Å². The van der Waals surface area contributed by atoms with Gasteiger partial charge in [0.25, 0.3) is 5.56 Å². The first-order chi connectivity index (χ1) is 16.3. The van der Waals surface area contributed by atoms with Gasteiger partial charge in [-0.05, 0) is 67.4 Å². The van der Waals surface area contributed by atoms with Crippen molar-refractivity contribution in [1.82, 2.24) is 19.3 Å². The number of halogens is 2. The highest BCUT2D eigenvalue weighted by Crippen LogP contribution is 2.23. The molecule has 9 heteroatoms. The summed E-state index contributed by atoms with van der Waals surface area (Å²) in [5.41, 5.74) is 2.47. The minimum Gasteiger partial charge on any atom is -0.337 e. The Kier molecular flexibility index (Phi) is 5.37. The molecule has 0 bridgehead atoms. The van der Waals surface area contributed by atoms with Gasteiger partial charge >= 0.3 is 5.69 Å². The van der Waals surface area contributed by atoms with E-state index in [1.165, 1.54) is 22.8 Å². The fourth-order valence-electron chi connectivity index (χ4n) is 3.77. The molecule has 0 saturated heterocycles. The Hall–Kier alpha value is -4.04. The summed E-state index contributed by atoms with van der Waals surface area (Å²) in [6.07, 6.45) is 0. The lowest BCUT2D eigenvalue weighted by Crippen LogP contribution is -2.39. The third-order valence-corrected chi connectivity index (χ3v) is 6.03. The number of hydrogen-bond donors (Lipinski definition) is 0. The van der Waals surface area contributed by atoms with Crippen molar-refractivity contribution in [2.75, 3.05) is 0 Å². The van der Waals surface area contributed by atoms with Gasteiger partial charge in [-0.1, -0.05) is 35.0 Å². The average Bonchev–Trinajstić information content (AvgIpc) is 3.29. The van der Waals surface area contributed by atoms with Crippen LogP contribution < -0.4 is 11.2 Å². The Labute approximate surface area is 197 Å². The highest BCUT2D eigenvalue weighted by atomic mass is 35.5. The number of benzene rings is 3. The maximum atomic E-state index is 13.5. The lowest BCUT2D eigenvalue weighted by atomic mass is 10.1. The smallest absolute Gasteiger partial charge is 0.336 e. The summed E-state index contributed by atoms with van der Waals surface area (Å²) >= 11 is 5.86. The Morgan fingerprint density at radius 3 is 2.56 bits per heavy atom. The molecule has 0 saturated carbocycles. The van der Waals surface area contributed by atoms with E-state index in [0.29, 0.717) is 22.2 Å². The van der Waals surface area contributed by atoms with E-state index in [9.17, 15) is 14.0 Å². The van der Waals surface area contributed by atoms with Crippen molar-refractivity contribution < 1.29 is 8.91 Å². The summed E-state index contributed by atoms with van der Waals surface area (Å²) in [6, 6.07) is 16.4. The predicted octanol–water partition coefficient (Wildman–Crippen LogP) is 4.66. The van der Waals surface area contributed by atoms with Crippen molar-refractivity contribution in [3.8, 4) is 17.1 Å². The first kappa shape index (κ1) is 21.8. The number of fused-ring (bicyclic) bond motifs is 1. The molecular weight excluding hydrogens is 459 g/mol. The van der Waals surface area contributed by atoms with Gasteiger partial charge in [0.1, 0.15) is 12.4 Å². The van der Waals surface area contributed by atoms with Crippen LogP contribution in [0.4, 0.5) is 4.39 Å². The molecule has 5 rings (SSSR count). The zero-order valence-corrected chi connectivity index (χ0v) is 19.0. The van der Waals surface area contributed by atoms with E-state index in [2.05, 4.69) is 10.1 Å². The third kappa shape index (κ3) is 3.72. The molecule has 170 valence electrons. The van der Waals surface area contributed by atoms with Gasteiger partial charge in [0.2, 0.25) is 11.7 Å². The van der Waals surface area contributed by atoms with Gasteiger partial charge in [0, 0.05) is 5.56 Å². The average molecular weight is 477 g/mol. The fraction of sp³-hybridized carbons (Fsp3) is 0.120. The molecule has 0 fully saturated rings. The molecule has 2 heterocycles. The second-order valence-electron chi connectivity index (χ2n) is 7.94. The molecule has 0 amide bonds. The normalized spacial score (nSPS) is 11.3. The van der Waals surface area contributed by atoms with Gasteiger partial charge in [-0.25, -0.2) is 13.8 Å². The van der Waals surface area contributed by atoms with Gasteiger partial charge in [-0.3, -0.25) is 9.36 Å². The van der Waals surface area contributed by atoms with E-state index < -0.39 is 17.1 Å². The van der Waals surface area contributed by atoms with Gasteiger partial charge < -0.3 is 4.52 Å². The van der Waals surface area contributed by atoms with Crippen LogP contribution in [-0.4, -0.2) is 19.3 Å². The maximum absolute atomic E-state index is 13.5. The number of aromatic nitrogens is 4. The molecule has 7 nitrogen and oxygen atoms in total. The molecule has 0 aliphatic rings. The molecular formula is C25H18ClFN4O3. The number of aryl methyl sites for hydroxylation is 2. The summed E-state index contributed by atoms with van der Waals surface area (Å²) in [5, 5.41) is 4.25. The molecule has 2 aromatic heterocycles. The van der Waals surface area contributed by atoms with Crippen LogP contribution in [0.5, 0.6) is 0 Å². The SMILES string of the molecule is Cc1ccc(-n2c(=O)c3ccccc3n(Cc3nc(-c4ccc(F)c(Cl)c4)no3)c2=O)cc1C. The molecule has 0 unspecified atom stereocenters. The summed E-state index contributed by atoms with van der Waals surface area (Å²) in [7, 11) is 0. The van der Waals surface area contributed by atoms with Crippen LogP contribution in [0.15, 0.2) is 74.8 Å². The highest BCUT2D eigenvalue weighted by Gasteiger charge is 2.18. The van der Waals surface area contributed by atoms with E-state index in [4.69, 9.17) is 16.1 Å². The first-order valence-electron chi connectivity index (χ1n) is 10.4. The molecule has 0 N–H and O–H groups in total. The van der Waals surface area contributed by atoms with Crippen molar-refractivity contribution in [1.29, 1.82) is 0 Å². The Morgan fingerprint density at radius 2 is 1.79 bits per heavy atom. The number of para-hydroxylation sites is 1. The molecule has 0 aliphatic heterocycles. The van der Waals surface area contributed by atoms with E-state index >= 15 is 0 Å². The third-order valence-electron chi connectivity index (χ3n) is 5.74. The summed E-state index contributed by atoms with van der Waals surface area (Å²) < 4.78 is 21.4. The second-order valence-corrected chi connectivity index (χ2v) is 8.34. The summed E-state index contributed by atoms with van der Waals surface area (Å²) in [4.78, 5) is 31.1. The van der Waals surface area contributed by atoms with Crippen LogP contribution in [0.1, 0.15) is 17.0 Å². The number of rotatable bonds is 4. The Balaban J connectivity index is 1.65. The Morgan fingerprint density at radius 1 is 1.00 bits per heavy atom. The molecule has 0 aliphatic carbocycles. The van der Waals surface area contributed by atoms with Crippen LogP contribution in [0, 0.1) is 19.7 Å². The van der Waals surface area contributed by atoms with Gasteiger partial charge in [0.05, 0.1) is 21.6 Å². The molecule has 5 aromatic rings. The quantitative estimate of drug-likeness (QED) is 0.377. The van der Waals surface area contributed by atoms with Crippen LogP contribution >= 0.6 is 11.6 Å². The lowest BCUT2D eigenvalue weighted by Gasteiger charge is -2.13. The van der Waals surface area contributed by atoms with Crippen molar-refractivity contribution in [3.05, 3.63) is 109 Å². The van der Waals surface area contributed by atoms with Crippen molar-refractivity contribution in [3.63, 3.8) is 0 Å². The molecule has 0 atom stereocenters. The Bertz CT molecular complexity index is 1690. The summed E-state index contributed by atoms with van der Waals surface area (Å²) in [5.74, 6) is -0.203. The predicted molar refractivity (Wildman–Crippen MR) is 127 cm³/mol. The first-order valence-corrected chi connectivity index (χ1v) is 10.8. The van der Waals surface area contributed by atoms with Crippen LogP contribution in [-0.2, 0) is 6.54 Å². The van der Waals surface area contributed by atoms with Crippen molar-refractivity contribution >= 4 is 22.5 Å². The summed E-state index contributed by atoms with van der Waals surface area (Å²) in [6.45, 7) is 3.82. The van der Waals surface area contributed by atoms with Crippen molar-refractivity contribution in [2.24, 2.45) is 0 Å². The van der Waals surface area contributed by atoms with E-state index in [1.807, 2.05) is 19.9 Å². The molecule has 0 spiro atoms. The minimum atomic E-state index is -0.555. The molecule has 34 heavy (non-hydrogen) atoms. The van der Waals surface area contributed by atoms with Gasteiger partial charge in [-0.15, -0.1) is 0 Å². The number of hydrogen-bond acceptors (Lipinski definition) is 5. The maximum Gasteiger partial charge on any atom is 0.336 e. The topological polar surface area (TPSA) is 82.9 Å². The van der Waals surface area contributed by atoms with Crippen molar-refractivity contribution in [2.45, 2.75) is 20.4 Å². The van der Waals surface area contributed by atoms with E-state index in [0.717, 1.165) is 15.7 Å².